The fraction of sp³-hybridized carbons (Fsp3) is 0.0952. The molecule has 0 atom stereocenters. The second-order valence-corrected chi connectivity index (χ2v) is 5.82. The minimum atomic E-state index is -0.397. The van der Waals surface area contributed by atoms with Crippen molar-refractivity contribution in [1.82, 2.24) is 5.43 Å². The van der Waals surface area contributed by atoms with Gasteiger partial charge in [-0.25, -0.2) is 10.2 Å². The van der Waals surface area contributed by atoms with Crippen molar-refractivity contribution < 1.29 is 14.3 Å². The van der Waals surface area contributed by atoms with Crippen LogP contribution < -0.4 is 10.7 Å². The first kappa shape index (κ1) is 18.1. The van der Waals surface area contributed by atoms with E-state index in [2.05, 4.69) is 20.6 Å². The molecule has 0 aliphatic carbocycles. The molecule has 0 radical (unpaired) electrons. The zero-order valence-corrected chi connectivity index (χ0v) is 14.8. The number of benzene rings is 3. The summed E-state index contributed by atoms with van der Waals surface area (Å²) in [7, 11) is 1.33. The first-order valence-electron chi connectivity index (χ1n) is 8.38. The number of anilines is 1. The average Bonchev–Trinajstić information content (AvgIpc) is 2.72. The van der Waals surface area contributed by atoms with Crippen LogP contribution in [-0.4, -0.2) is 31.7 Å². The summed E-state index contributed by atoms with van der Waals surface area (Å²) in [6.45, 7) is 0.108. The second-order valence-electron chi connectivity index (χ2n) is 5.82. The van der Waals surface area contributed by atoms with Crippen LogP contribution in [0.1, 0.15) is 15.9 Å². The molecule has 1 amide bonds. The summed E-state index contributed by atoms with van der Waals surface area (Å²) >= 11 is 0. The Bertz CT molecular complexity index is 981. The fourth-order valence-corrected chi connectivity index (χ4v) is 2.52. The minimum absolute atomic E-state index is 0.108. The van der Waals surface area contributed by atoms with E-state index in [-0.39, 0.29) is 12.5 Å². The number of nitrogens with one attached hydrogen (secondary N) is 2. The quantitative estimate of drug-likeness (QED) is 0.401. The summed E-state index contributed by atoms with van der Waals surface area (Å²) in [5.41, 5.74) is 4.54. The van der Waals surface area contributed by atoms with Crippen molar-refractivity contribution in [3.8, 4) is 0 Å². The van der Waals surface area contributed by atoms with Gasteiger partial charge in [-0.05, 0) is 40.6 Å². The van der Waals surface area contributed by atoms with Crippen molar-refractivity contribution in [3.63, 3.8) is 0 Å². The lowest BCUT2D eigenvalue weighted by atomic mass is 10.1. The molecular weight excluding hydrogens is 342 g/mol. The van der Waals surface area contributed by atoms with E-state index < -0.39 is 5.97 Å². The van der Waals surface area contributed by atoms with E-state index in [1.54, 1.807) is 24.3 Å². The number of hydrogen-bond acceptors (Lipinski definition) is 5. The summed E-state index contributed by atoms with van der Waals surface area (Å²) in [5, 5.41) is 9.25. The molecule has 0 heterocycles. The van der Waals surface area contributed by atoms with Gasteiger partial charge >= 0.3 is 5.97 Å². The standard InChI is InChI=1S/C21H19N3O3/c1-27-21(26)17-8-6-15(7-9-17)13-23-24-20(25)14-22-19-11-10-16-4-2-3-5-18(16)12-19/h2-13,22H,14H2,1H3,(H,24,25)/b23-13+. The number of hydrogen-bond donors (Lipinski definition) is 2. The highest BCUT2D eigenvalue weighted by atomic mass is 16.5. The van der Waals surface area contributed by atoms with Crippen LogP contribution in [0.5, 0.6) is 0 Å². The van der Waals surface area contributed by atoms with Crippen molar-refractivity contribution in [2.75, 3.05) is 19.0 Å². The predicted octanol–water partition coefficient (Wildman–Crippen LogP) is 3.19. The third-order valence-electron chi connectivity index (χ3n) is 3.94. The molecule has 0 saturated heterocycles. The molecule has 0 saturated carbocycles. The summed E-state index contributed by atoms with van der Waals surface area (Å²) in [6.07, 6.45) is 1.51. The van der Waals surface area contributed by atoms with Crippen LogP contribution >= 0.6 is 0 Å². The summed E-state index contributed by atoms with van der Waals surface area (Å²) in [6, 6.07) is 20.7. The van der Waals surface area contributed by atoms with Crippen molar-refractivity contribution in [2.45, 2.75) is 0 Å². The molecule has 2 N–H and O–H groups in total. The number of amides is 1. The van der Waals surface area contributed by atoms with E-state index in [1.807, 2.05) is 42.5 Å². The first-order chi connectivity index (χ1) is 13.2. The molecule has 0 unspecified atom stereocenters. The smallest absolute Gasteiger partial charge is 0.337 e. The van der Waals surface area contributed by atoms with Gasteiger partial charge in [-0.15, -0.1) is 0 Å². The lowest BCUT2D eigenvalue weighted by molar-refractivity contribution is -0.119. The van der Waals surface area contributed by atoms with Gasteiger partial charge < -0.3 is 10.1 Å². The number of nitrogens with zero attached hydrogens (tertiary/aromatic N) is 1. The predicted molar refractivity (Wildman–Crippen MR) is 106 cm³/mol. The number of fused-ring (bicyclic) bond motifs is 1. The molecule has 3 aromatic rings. The van der Waals surface area contributed by atoms with Gasteiger partial charge in [0.05, 0.1) is 25.4 Å². The number of carbonyl (C=O) groups is 2. The van der Waals surface area contributed by atoms with Gasteiger partial charge in [-0.3, -0.25) is 4.79 Å². The Morgan fingerprint density at radius 1 is 1.00 bits per heavy atom. The van der Waals surface area contributed by atoms with E-state index >= 15 is 0 Å². The van der Waals surface area contributed by atoms with Crippen LogP contribution in [0, 0.1) is 0 Å². The topological polar surface area (TPSA) is 79.8 Å². The van der Waals surface area contributed by atoms with Gasteiger partial charge in [-0.1, -0.05) is 42.5 Å². The van der Waals surface area contributed by atoms with Gasteiger partial charge in [0, 0.05) is 5.69 Å². The molecule has 6 heteroatoms. The van der Waals surface area contributed by atoms with Crippen molar-refractivity contribution in [2.24, 2.45) is 5.10 Å². The number of hydrazone groups is 1. The van der Waals surface area contributed by atoms with Crippen LogP contribution in [0.15, 0.2) is 71.8 Å². The van der Waals surface area contributed by atoms with Crippen molar-refractivity contribution in [3.05, 3.63) is 77.9 Å². The average molecular weight is 361 g/mol. The van der Waals surface area contributed by atoms with Gasteiger partial charge in [0.2, 0.25) is 0 Å². The summed E-state index contributed by atoms with van der Waals surface area (Å²) < 4.78 is 4.64. The molecule has 3 rings (SSSR count). The zero-order chi connectivity index (χ0) is 19.1. The number of rotatable bonds is 6. The third kappa shape index (κ3) is 4.92. The van der Waals surface area contributed by atoms with Crippen LogP contribution in [0.4, 0.5) is 5.69 Å². The lowest BCUT2D eigenvalue weighted by Gasteiger charge is -2.06. The second kappa shape index (κ2) is 8.62. The molecular formula is C21H19N3O3. The highest BCUT2D eigenvalue weighted by molar-refractivity contribution is 5.91. The van der Waals surface area contributed by atoms with Gasteiger partial charge in [-0.2, -0.15) is 5.10 Å². The van der Waals surface area contributed by atoms with Crippen LogP contribution in [-0.2, 0) is 9.53 Å². The van der Waals surface area contributed by atoms with E-state index in [1.165, 1.54) is 13.3 Å². The number of esters is 1. The van der Waals surface area contributed by atoms with Crippen molar-refractivity contribution in [1.29, 1.82) is 0 Å². The Balaban J connectivity index is 1.50. The molecule has 3 aromatic carbocycles. The van der Waals surface area contributed by atoms with E-state index in [9.17, 15) is 9.59 Å². The minimum Gasteiger partial charge on any atom is -0.465 e. The zero-order valence-electron chi connectivity index (χ0n) is 14.8. The Morgan fingerprint density at radius 3 is 2.48 bits per heavy atom. The third-order valence-corrected chi connectivity index (χ3v) is 3.94. The fourth-order valence-electron chi connectivity index (χ4n) is 2.52. The van der Waals surface area contributed by atoms with Crippen molar-refractivity contribution >= 4 is 34.6 Å². The maximum absolute atomic E-state index is 11.9. The molecule has 0 aliphatic heterocycles. The molecule has 0 spiro atoms. The van der Waals surface area contributed by atoms with Crippen LogP contribution in [0.2, 0.25) is 0 Å². The number of ether oxygens (including phenoxy) is 1. The summed E-state index contributed by atoms with van der Waals surface area (Å²) in [5.74, 6) is -0.655. The molecule has 0 aliphatic rings. The summed E-state index contributed by atoms with van der Waals surface area (Å²) in [4.78, 5) is 23.3. The number of carbonyl (C=O) groups excluding carboxylic acids is 2. The van der Waals surface area contributed by atoms with Gasteiger partial charge in [0.25, 0.3) is 5.91 Å². The van der Waals surface area contributed by atoms with Gasteiger partial charge in [0.1, 0.15) is 0 Å². The molecule has 27 heavy (non-hydrogen) atoms. The van der Waals surface area contributed by atoms with Crippen LogP contribution in [0.3, 0.4) is 0 Å². The Hall–Kier alpha value is -3.67. The molecule has 0 fully saturated rings. The van der Waals surface area contributed by atoms with Gasteiger partial charge in [0.15, 0.2) is 0 Å². The molecule has 136 valence electrons. The monoisotopic (exact) mass is 361 g/mol. The molecule has 6 nitrogen and oxygen atoms in total. The largest absolute Gasteiger partial charge is 0.465 e. The Labute approximate surface area is 156 Å². The van der Waals surface area contributed by atoms with Crippen LogP contribution in [0.25, 0.3) is 10.8 Å². The van der Waals surface area contributed by atoms with E-state index in [0.717, 1.165) is 22.0 Å². The molecule has 0 bridgehead atoms. The van der Waals surface area contributed by atoms with E-state index in [0.29, 0.717) is 5.56 Å². The maximum Gasteiger partial charge on any atom is 0.337 e. The van der Waals surface area contributed by atoms with E-state index in [4.69, 9.17) is 0 Å². The normalized spacial score (nSPS) is 10.7. The highest BCUT2D eigenvalue weighted by Crippen LogP contribution is 2.18. The molecule has 0 aromatic heterocycles. The Morgan fingerprint density at radius 2 is 1.74 bits per heavy atom. The maximum atomic E-state index is 11.9. The Kier molecular flexibility index (Phi) is 5.79. The SMILES string of the molecule is COC(=O)c1ccc(/C=N/NC(=O)CNc2ccc3ccccc3c2)cc1. The highest BCUT2D eigenvalue weighted by Gasteiger charge is 2.04. The first-order valence-corrected chi connectivity index (χ1v) is 8.38. The number of methoxy groups -OCH3 is 1. The lowest BCUT2D eigenvalue weighted by Crippen LogP contribution is -2.25.